The summed E-state index contributed by atoms with van der Waals surface area (Å²) in [5, 5.41) is 2.55. The molecule has 1 atom stereocenters. The number of sulfone groups is 1. The molecular formula is C20H19ClN2O5S. The maximum Gasteiger partial charge on any atom is 0.262 e. The Morgan fingerprint density at radius 2 is 2.07 bits per heavy atom. The summed E-state index contributed by atoms with van der Waals surface area (Å²) >= 11 is 6.14. The lowest BCUT2D eigenvalue weighted by atomic mass is 10.1. The third kappa shape index (κ3) is 3.70. The average molecular weight is 435 g/mol. The number of para-hydroxylation sites is 1. The fraction of sp³-hybridized carbons (Fsp3) is 0.300. The zero-order valence-electron chi connectivity index (χ0n) is 15.6. The van der Waals surface area contributed by atoms with Gasteiger partial charge in [0, 0.05) is 24.2 Å². The van der Waals surface area contributed by atoms with Crippen LogP contribution < -0.4 is 15.0 Å². The lowest BCUT2D eigenvalue weighted by molar-refractivity contribution is -0.119. The number of benzene rings is 2. The summed E-state index contributed by atoms with van der Waals surface area (Å²) in [4.78, 5) is 25.8. The topological polar surface area (TPSA) is 92.8 Å². The van der Waals surface area contributed by atoms with Gasteiger partial charge in [0.2, 0.25) is 5.91 Å². The highest BCUT2D eigenvalue weighted by Crippen LogP contribution is 2.37. The van der Waals surface area contributed by atoms with E-state index in [1.807, 2.05) is 31.2 Å². The fourth-order valence-electron chi connectivity index (χ4n) is 3.72. The van der Waals surface area contributed by atoms with Gasteiger partial charge in [0.15, 0.2) is 16.4 Å². The van der Waals surface area contributed by atoms with Gasteiger partial charge < -0.3 is 15.0 Å². The molecule has 1 N–H and O–H groups in total. The Morgan fingerprint density at radius 1 is 1.31 bits per heavy atom. The number of fused-ring (bicyclic) bond motifs is 2. The number of halogens is 1. The molecule has 0 saturated carbocycles. The average Bonchev–Trinajstić information content (AvgIpc) is 3.01. The van der Waals surface area contributed by atoms with Crippen LogP contribution >= 0.6 is 11.6 Å². The van der Waals surface area contributed by atoms with Crippen molar-refractivity contribution in [2.45, 2.75) is 30.7 Å². The van der Waals surface area contributed by atoms with Crippen molar-refractivity contribution in [3.05, 3.63) is 47.0 Å². The summed E-state index contributed by atoms with van der Waals surface area (Å²) in [6.45, 7) is 1.75. The minimum atomic E-state index is -3.83. The first kappa shape index (κ1) is 19.7. The van der Waals surface area contributed by atoms with E-state index >= 15 is 0 Å². The summed E-state index contributed by atoms with van der Waals surface area (Å²) in [6, 6.07) is 10.3. The number of nitrogens with zero attached hydrogens (tertiary/aromatic N) is 1. The highest BCUT2D eigenvalue weighted by Gasteiger charge is 2.32. The third-order valence-corrected chi connectivity index (χ3v) is 7.24. The van der Waals surface area contributed by atoms with Crippen molar-refractivity contribution in [3.63, 3.8) is 0 Å². The standard InChI is InChI=1S/C20H19ClN2O5S/c1-12-8-13-4-2-3-5-16(13)23(12)20(25)6-7-29(26,27)18-10-17-15(9-14(18)21)22-19(24)11-28-17/h2-5,9-10,12H,6-8,11H2,1H3,(H,22,24). The van der Waals surface area contributed by atoms with E-state index in [1.54, 1.807) is 4.90 Å². The molecule has 7 nitrogen and oxygen atoms in total. The second-order valence-electron chi connectivity index (χ2n) is 7.13. The molecule has 0 saturated heterocycles. The molecule has 2 amide bonds. The molecule has 2 aliphatic heterocycles. The Hall–Kier alpha value is -2.58. The lowest BCUT2D eigenvalue weighted by Gasteiger charge is -2.23. The molecule has 0 aliphatic carbocycles. The van der Waals surface area contributed by atoms with E-state index in [9.17, 15) is 18.0 Å². The quantitative estimate of drug-likeness (QED) is 0.798. The number of amides is 2. The number of hydrogen-bond donors (Lipinski definition) is 1. The minimum absolute atomic E-state index is 0.0213. The number of carbonyl (C=O) groups is 2. The van der Waals surface area contributed by atoms with Gasteiger partial charge in [-0.3, -0.25) is 9.59 Å². The Bertz CT molecular complexity index is 1120. The van der Waals surface area contributed by atoms with E-state index in [2.05, 4.69) is 5.32 Å². The smallest absolute Gasteiger partial charge is 0.262 e. The Labute approximate surface area is 173 Å². The number of nitrogens with one attached hydrogen (secondary N) is 1. The van der Waals surface area contributed by atoms with Gasteiger partial charge in [0.1, 0.15) is 5.75 Å². The molecule has 0 bridgehead atoms. The summed E-state index contributed by atoms with van der Waals surface area (Å²) < 4.78 is 31.0. The molecule has 2 heterocycles. The lowest BCUT2D eigenvalue weighted by Crippen LogP contribution is -2.36. The van der Waals surface area contributed by atoms with E-state index < -0.39 is 9.84 Å². The minimum Gasteiger partial charge on any atom is -0.482 e. The van der Waals surface area contributed by atoms with Crippen LogP contribution in [0.5, 0.6) is 5.75 Å². The van der Waals surface area contributed by atoms with Crippen LogP contribution in [0.4, 0.5) is 11.4 Å². The number of ether oxygens (including phenoxy) is 1. The van der Waals surface area contributed by atoms with Gasteiger partial charge in [0.05, 0.1) is 21.4 Å². The molecule has 152 valence electrons. The summed E-state index contributed by atoms with van der Waals surface area (Å²) in [7, 11) is -3.83. The van der Waals surface area contributed by atoms with Crippen molar-refractivity contribution in [2.24, 2.45) is 0 Å². The first-order valence-electron chi connectivity index (χ1n) is 9.15. The highest BCUT2D eigenvalue weighted by molar-refractivity contribution is 7.91. The van der Waals surface area contributed by atoms with Crippen LogP contribution in [0.15, 0.2) is 41.3 Å². The largest absolute Gasteiger partial charge is 0.482 e. The molecule has 0 fully saturated rings. The Morgan fingerprint density at radius 3 is 2.86 bits per heavy atom. The molecule has 0 aromatic heterocycles. The number of rotatable bonds is 4. The van der Waals surface area contributed by atoms with Crippen LogP contribution in [0.2, 0.25) is 5.02 Å². The molecule has 0 spiro atoms. The van der Waals surface area contributed by atoms with Gasteiger partial charge >= 0.3 is 0 Å². The number of hydrogen-bond acceptors (Lipinski definition) is 5. The molecular weight excluding hydrogens is 416 g/mol. The summed E-state index contributed by atoms with van der Waals surface area (Å²) in [5.41, 5.74) is 2.23. The van der Waals surface area contributed by atoms with Crippen molar-refractivity contribution in [2.75, 3.05) is 22.6 Å². The van der Waals surface area contributed by atoms with Crippen molar-refractivity contribution < 1.29 is 22.7 Å². The van der Waals surface area contributed by atoms with Gasteiger partial charge in [-0.2, -0.15) is 0 Å². The van der Waals surface area contributed by atoms with Crippen LogP contribution in [-0.4, -0.2) is 38.6 Å². The molecule has 1 unspecified atom stereocenters. The van der Waals surface area contributed by atoms with Gasteiger partial charge in [-0.15, -0.1) is 0 Å². The van der Waals surface area contributed by atoms with Gasteiger partial charge in [-0.25, -0.2) is 8.42 Å². The summed E-state index contributed by atoms with van der Waals surface area (Å²) in [6.07, 6.45) is 0.584. The molecule has 2 aliphatic rings. The first-order valence-corrected chi connectivity index (χ1v) is 11.2. The van der Waals surface area contributed by atoms with Crippen LogP contribution in [-0.2, 0) is 25.8 Å². The Kier molecular flexibility index (Phi) is 5.00. The van der Waals surface area contributed by atoms with Crippen LogP contribution in [0, 0.1) is 0 Å². The maximum atomic E-state index is 12.9. The van der Waals surface area contributed by atoms with E-state index in [-0.39, 0.29) is 52.3 Å². The van der Waals surface area contributed by atoms with Crippen molar-refractivity contribution in [3.8, 4) is 5.75 Å². The molecule has 4 rings (SSSR count). The maximum absolute atomic E-state index is 12.9. The van der Waals surface area contributed by atoms with E-state index in [0.29, 0.717) is 5.69 Å². The monoisotopic (exact) mass is 434 g/mol. The van der Waals surface area contributed by atoms with Crippen molar-refractivity contribution >= 4 is 44.6 Å². The molecule has 0 radical (unpaired) electrons. The second kappa shape index (κ2) is 7.35. The van der Waals surface area contributed by atoms with E-state index in [0.717, 1.165) is 17.7 Å². The van der Waals surface area contributed by atoms with Gasteiger partial charge in [-0.05, 0) is 31.0 Å². The Balaban J connectivity index is 1.53. The SMILES string of the molecule is CC1Cc2ccccc2N1C(=O)CCS(=O)(=O)c1cc2c(cc1Cl)NC(=O)CO2. The second-order valence-corrected chi connectivity index (χ2v) is 9.61. The fourth-order valence-corrected chi connectivity index (χ4v) is 5.54. The van der Waals surface area contributed by atoms with E-state index in [4.69, 9.17) is 16.3 Å². The normalized spacial score (nSPS) is 17.9. The molecule has 2 aromatic rings. The van der Waals surface area contributed by atoms with E-state index in [1.165, 1.54) is 12.1 Å². The van der Waals surface area contributed by atoms with Crippen molar-refractivity contribution in [1.29, 1.82) is 0 Å². The van der Waals surface area contributed by atoms with Crippen LogP contribution in [0.25, 0.3) is 0 Å². The molecule has 9 heteroatoms. The van der Waals surface area contributed by atoms with Gasteiger partial charge in [0.25, 0.3) is 5.91 Å². The first-order chi connectivity index (χ1) is 13.8. The predicted octanol–water partition coefficient (Wildman–Crippen LogP) is 2.81. The summed E-state index contributed by atoms with van der Waals surface area (Å²) in [5.74, 6) is -0.721. The number of carbonyl (C=O) groups excluding carboxylic acids is 2. The highest BCUT2D eigenvalue weighted by atomic mass is 35.5. The molecule has 29 heavy (non-hydrogen) atoms. The third-order valence-electron chi connectivity index (χ3n) is 5.06. The predicted molar refractivity (Wildman–Crippen MR) is 109 cm³/mol. The zero-order valence-corrected chi connectivity index (χ0v) is 17.2. The molecule has 2 aromatic carbocycles. The van der Waals surface area contributed by atoms with Crippen LogP contribution in [0.1, 0.15) is 18.9 Å². The number of anilines is 2. The van der Waals surface area contributed by atoms with Crippen molar-refractivity contribution in [1.82, 2.24) is 0 Å². The van der Waals surface area contributed by atoms with Crippen LogP contribution in [0.3, 0.4) is 0 Å². The van der Waals surface area contributed by atoms with Gasteiger partial charge in [-0.1, -0.05) is 29.8 Å². The zero-order chi connectivity index (χ0) is 20.8.